The minimum absolute atomic E-state index is 0.554. The van der Waals surface area contributed by atoms with Crippen molar-refractivity contribution in [1.82, 2.24) is 15.0 Å². The van der Waals surface area contributed by atoms with E-state index < -0.39 is 0 Å². The van der Waals surface area contributed by atoms with Crippen LogP contribution in [0.4, 0.5) is 0 Å². The molecule has 0 saturated heterocycles. The molecule has 2 heterocycles. The van der Waals surface area contributed by atoms with Gasteiger partial charge in [-0.1, -0.05) is 25.4 Å². The monoisotopic (exact) mass is 301 g/mol. The molecule has 1 N–H and O–H groups in total. The lowest BCUT2D eigenvalue weighted by molar-refractivity contribution is 0.636. The Labute approximate surface area is 108 Å². The Morgan fingerprint density at radius 3 is 2.69 bits per heavy atom. The summed E-state index contributed by atoms with van der Waals surface area (Å²) in [5.74, 6) is 1.33. The first kappa shape index (κ1) is 11.9. The second-order valence-electron chi connectivity index (χ2n) is 4.29. The number of aromatic amines is 1. The molecule has 16 heavy (non-hydrogen) atoms. The Kier molecular flexibility index (Phi) is 3.22. The maximum absolute atomic E-state index is 6.04. The molecule has 0 aliphatic carbocycles. The molecule has 0 unspecified atom stereocenters. The largest absolute Gasteiger partial charge is 0.329 e. The van der Waals surface area contributed by atoms with Crippen molar-refractivity contribution in [2.45, 2.75) is 27.2 Å². The molecule has 0 radical (unpaired) electrons. The number of hydrogen-bond acceptors (Lipinski definition) is 2. The fourth-order valence-electron chi connectivity index (χ4n) is 1.75. The van der Waals surface area contributed by atoms with Crippen LogP contribution in [0.2, 0.25) is 5.15 Å². The minimum Gasteiger partial charge on any atom is -0.329 e. The summed E-state index contributed by atoms with van der Waals surface area (Å²) >= 11 is 9.52. The summed E-state index contributed by atoms with van der Waals surface area (Å²) in [5.41, 5.74) is 1.85. The van der Waals surface area contributed by atoms with Crippen LogP contribution in [0.3, 0.4) is 0 Å². The van der Waals surface area contributed by atoms with Crippen LogP contribution in [0.1, 0.15) is 25.4 Å². The summed E-state index contributed by atoms with van der Waals surface area (Å²) in [5, 5.41) is 1.59. The van der Waals surface area contributed by atoms with E-state index in [1.54, 1.807) is 0 Å². The van der Waals surface area contributed by atoms with E-state index in [9.17, 15) is 0 Å². The van der Waals surface area contributed by atoms with Gasteiger partial charge in [-0.25, -0.2) is 9.97 Å². The summed E-state index contributed by atoms with van der Waals surface area (Å²) in [4.78, 5) is 11.9. The van der Waals surface area contributed by atoms with Gasteiger partial charge in [0, 0.05) is 0 Å². The SMILES string of the molecule is Cc1nc(CC(C)C)c2c(Br)c(Cl)[nH]c2n1. The molecule has 2 aromatic heterocycles. The van der Waals surface area contributed by atoms with E-state index in [1.807, 2.05) is 6.92 Å². The highest BCUT2D eigenvalue weighted by molar-refractivity contribution is 9.10. The average molecular weight is 303 g/mol. The van der Waals surface area contributed by atoms with E-state index in [4.69, 9.17) is 11.6 Å². The molecule has 0 bridgehead atoms. The number of aryl methyl sites for hydroxylation is 1. The van der Waals surface area contributed by atoms with Crippen LogP contribution in [-0.4, -0.2) is 15.0 Å². The molecule has 0 saturated carbocycles. The topological polar surface area (TPSA) is 41.6 Å². The van der Waals surface area contributed by atoms with Crippen LogP contribution in [0.25, 0.3) is 11.0 Å². The summed E-state index contributed by atoms with van der Waals surface area (Å²) in [6, 6.07) is 0. The Balaban J connectivity index is 2.69. The van der Waals surface area contributed by atoms with Crippen LogP contribution < -0.4 is 0 Å². The molecule has 0 amide bonds. The van der Waals surface area contributed by atoms with Gasteiger partial charge in [0.25, 0.3) is 0 Å². The lowest BCUT2D eigenvalue weighted by atomic mass is 10.1. The Hall–Kier alpha value is -0.610. The van der Waals surface area contributed by atoms with E-state index in [-0.39, 0.29) is 0 Å². The van der Waals surface area contributed by atoms with Gasteiger partial charge in [-0.15, -0.1) is 0 Å². The fourth-order valence-corrected chi connectivity index (χ4v) is 2.45. The highest BCUT2D eigenvalue weighted by atomic mass is 79.9. The first-order valence-corrected chi connectivity index (χ1v) is 6.36. The third-order valence-corrected chi connectivity index (χ3v) is 3.64. The van der Waals surface area contributed by atoms with Gasteiger partial charge in [-0.2, -0.15) is 0 Å². The number of hydrogen-bond donors (Lipinski definition) is 1. The van der Waals surface area contributed by atoms with Crippen molar-refractivity contribution in [3.8, 4) is 0 Å². The smallest absolute Gasteiger partial charge is 0.143 e. The van der Waals surface area contributed by atoms with Crippen molar-refractivity contribution in [3.05, 3.63) is 21.1 Å². The number of nitrogens with zero attached hydrogens (tertiary/aromatic N) is 2. The number of H-pyrrole nitrogens is 1. The quantitative estimate of drug-likeness (QED) is 0.914. The van der Waals surface area contributed by atoms with Crippen LogP contribution in [0.15, 0.2) is 4.47 Å². The molecule has 5 heteroatoms. The average Bonchev–Trinajstić information content (AvgIpc) is 2.40. The number of aromatic nitrogens is 3. The highest BCUT2D eigenvalue weighted by Gasteiger charge is 2.15. The number of fused-ring (bicyclic) bond motifs is 1. The van der Waals surface area contributed by atoms with Gasteiger partial charge in [0.2, 0.25) is 0 Å². The van der Waals surface area contributed by atoms with Crippen molar-refractivity contribution < 1.29 is 0 Å². The van der Waals surface area contributed by atoms with Crippen molar-refractivity contribution in [2.75, 3.05) is 0 Å². The third kappa shape index (κ3) is 2.09. The van der Waals surface area contributed by atoms with Gasteiger partial charge in [-0.3, -0.25) is 0 Å². The third-order valence-electron chi connectivity index (χ3n) is 2.34. The predicted molar refractivity (Wildman–Crippen MR) is 69.9 cm³/mol. The van der Waals surface area contributed by atoms with E-state index in [0.717, 1.165) is 33.4 Å². The predicted octanol–water partition coefficient (Wildman–Crippen LogP) is 3.88. The lowest BCUT2D eigenvalue weighted by Crippen LogP contribution is -2.01. The van der Waals surface area contributed by atoms with Gasteiger partial charge < -0.3 is 4.98 Å². The van der Waals surface area contributed by atoms with Crippen molar-refractivity contribution in [3.63, 3.8) is 0 Å². The molecule has 3 nitrogen and oxygen atoms in total. The number of rotatable bonds is 2. The normalized spacial score (nSPS) is 11.6. The molecule has 0 aliphatic heterocycles. The number of halogens is 2. The molecule has 0 aliphatic rings. The second kappa shape index (κ2) is 4.34. The van der Waals surface area contributed by atoms with Gasteiger partial charge in [-0.05, 0) is 35.2 Å². The van der Waals surface area contributed by atoms with Gasteiger partial charge in [0.1, 0.15) is 16.6 Å². The lowest BCUT2D eigenvalue weighted by Gasteiger charge is -2.06. The summed E-state index contributed by atoms with van der Waals surface area (Å²) in [6.07, 6.45) is 0.923. The second-order valence-corrected chi connectivity index (χ2v) is 5.46. The van der Waals surface area contributed by atoms with Crippen molar-refractivity contribution in [2.24, 2.45) is 5.92 Å². The van der Waals surface area contributed by atoms with Gasteiger partial charge in [0.15, 0.2) is 0 Å². The Bertz CT molecular complexity index is 533. The first-order chi connectivity index (χ1) is 7.49. The maximum atomic E-state index is 6.04. The van der Waals surface area contributed by atoms with E-state index >= 15 is 0 Å². The van der Waals surface area contributed by atoms with Crippen LogP contribution >= 0.6 is 27.5 Å². The maximum Gasteiger partial charge on any atom is 0.143 e. The zero-order valence-electron chi connectivity index (χ0n) is 9.43. The van der Waals surface area contributed by atoms with Crippen molar-refractivity contribution in [1.29, 1.82) is 0 Å². The zero-order valence-corrected chi connectivity index (χ0v) is 11.8. The molecule has 2 aromatic rings. The highest BCUT2D eigenvalue weighted by Crippen LogP contribution is 2.32. The first-order valence-electron chi connectivity index (χ1n) is 5.19. The molecule has 0 aromatic carbocycles. The summed E-state index contributed by atoms with van der Waals surface area (Å²) in [7, 11) is 0. The summed E-state index contributed by atoms with van der Waals surface area (Å²) < 4.78 is 0.861. The van der Waals surface area contributed by atoms with Crippen LogP contribution in [-0.2, 0) is 6.42 Å². The van der Waals surface area contributed by atoms with E-state index in [2.05, 4.69) is 44.7 Å². The van der Waals surface area contributed by atoms with Crippen molar-refractivity contribution >= 4 is 38.6 Å². The Morgan fingerprint density at radius 2 is 2.06 bits per heavy atom. The van der Waals surface area contributed by atoms with Gasteiger partial charge >= 0.3 is 0 Å². The molecule has 0 fully saturated rings. The molecular formula is C11H13BrClN3. The molecule has 0 spiro atoms. The molecule has 86 valence electrons. The molecular weight excluding hydrogens is 289 g/mol. The standard InChI is InChI=1S/C11H13BrClN3/c1-5(2)4-7-8-9(12)10(13)16-11(8)15-6(3)14-7/h5H,4H2,1-3H3,(H,14,15,16). The van der Waals surface area contributed by atoms with Crippen LogP contribution in [0.5, 0.6) is 0 Å². The summed E-state index contributed by atoms with van der Waals surface area (Å²) in [6.45, 7) is 6.24. The zero-order chi connectivity index (χ0) is 11.9. The van der Waals surface area contributed by atoms with E-state index in [1.165, 1.54) is 0 Å². The molecule has 2 rings (SSSR count). The van der Waals surface area contributed by atoms with Gasteiger partial charge in [0.05, 0.1) is 15.6 Å². The fraction of sp³-hybridized carbons (Fsp3) is 0.455. The molecule has 0 atom stereocenters. The van der Waals surface area contributed by atoms with Crippen LogP contribution in [0, 0.1) is 12.8 Å². The number of nitrogens with one attached hydrogen (secondary N) is 1. The minimum atomic E-state index is 0.554. The Morgan fingerprint density at radius 1 is 1.38 bits per heavy atom. The van der Waals surface area contributed by atoms with E-state index in [0.29, 0.717) is 11.1 Å².